The Kier molecular flexibility index (Phi) is 8.28. The third-order valence-corrected chi connectivity index (χ3v) is 5.49. The van der Waals surface area contributed by atoms with Crippen LogP contribution in [0.2, 0.25) is 5.02 Å². The van der Waals surface area contributed by atoms with E-state index in [0.29, 0.717) is 50.4 Å². The van der Waals surface area contributed by atoms with Crippen LogP contribution in [0.15, 0.2) is 35.0 Å². The lowest BCUT2D eigenvalue weighted by molar-refractivity contribution is -0.148. The van der Waals surface area contributed by atoms with Crippen LogP contribution in [-0.2, 0) is 14.3 Å². The Balaban J connectivity index is 1.52. The second-order valence-corrected chi connectivity index (χ2v) is 8.25. The minimum atomic E-state index is -0.442. The number of hydrogen-bond acceptors (Lipinski definition) is 5. The fourth-order valence-electron chi connectivity index (χ4n) is 3.73. The third-order valence-electron chi connectivity index (χ3n) is 5.27. The molecule has 168 valence electrons. The smallest absolute Gasteiger partial charge is 0.302 e. The highest BCUT2D eigenvalue weighted by Crippen LogP contribution is 2.26. The molecule has 0 saturated heterocycles. The zero-order valence-corrected chi connectivity index (χ0v) is 18.3. The minimum Gasteiger partial charge on any atom is -0.463 e. The lowest BCUT2D eigenvalue weighted by Crippen LogP contribution is -2.36. The molecule has 0 atom stereocenters. The van der Waals surface area contributed by atoms with E-state index < -0.39 is 5.82 Å². The number of nitrogens with one attached hydrogen (secondary N) is 2. The highest BCUT2D eigenvalue weighted by Gasteiger charge is 2.27. The fraction of sp³-hybridized carbons (Fsp3) is 0.500. The van der Waals surface area contributed by atoms with Gasteiger partial charge in [-0.05, 0) is 80.7 Å². The summed E-state index contributed by atoms with van der Waals surface area (Å²) in [5.41, 5.74) is 1.47. The van der Waals surface area contributed by atoms with E-state index in [1.54, 1.807) is 12.3 Å². The predicted molar refractivity (Wildman–Crippen MR) is 119 cm³/mol. The number of carbonyl (C=O) groups is 2. The number of carbonyl (C=O) groups excluding carboxylic acids is 2. The molecule has 0 radical (unpaired) electrons. The van der Waals surface area contributed by atoms with E-state index in [4.69, 9.17) is 16.3 Å². The Labute approximate surface area is 186 Å². The number of guanidine groups is 1. The Morgan fingerprint density at radius 1 is 1.26 bits per heavy atom. The topological polar surface area (TPSA) is 93.9 Å². The molecule has 1 fully saturated rings. The summed E-state index contributed by atoms with van der Waals surface area (Å²) in [5, 5.41) is 10.6. The van der Waals surface area contributed by atoms with Crippen LogP contribution < -0.4 is 10.6 Å². The van der Waals surface area contributed by atoms with E-state index in [0.717, 1.165) is 18.4 Å². The number of ether oxygens (including phenoxy) is 1. The van der Waals surface area contributed by atoms with Crippen molar-refractivity contribution in [3.05, 3.63) is 46.1 Å². The number of benzene rings is 1. The Morgan fingerprint density at radius 2 is 2.03 bits per heavy atom. The van der Waals surface area contributed by atoms with Gasteiger partial charge in [0.05, 0.1) is 0 Å². The average Bonchev–Trinajstić information content (AvgIpc) is 2.69. The van der Waals surface area contributed by atoms with E-state index in [9.17, 15) is 14.0 Å². The van der Waals surface area contributed by atoms with Crippen LogP contribution in [0.1, 0.15) is 45.4 Å². The van der Waals surface area contributed by atoms with Crippen LogP contribution in [0.4, 0.5) is 10.1 Å². The molecule has 1 aromatic rings. The van der Waals surface area contributed by atoms with Crippen molar-refractivity contribution in [1.82, 2.24) is 5.32 Å². The molecule has 1 saturated carbocycles. The van der Waals surface area contributed by atoms with Gasteiger partial charge in [0.15, 0.2) is 0 Å². The van der Waals surface area contributed by atoms with Crippen molar-refractivity contribution >= 4 is 35.1 Å². The molecular formula is C22H27ClFN4O3-. The van der Waals surface area contributed by atoms with Crippen LogP contribution in [0.25, 0.3) is 5.32 Å². The second kappa shape index (κ2) is 11.1. The van der Waals surface area contributed by atoms with Crippen molar-refractivity contribution in [3.63, 3.8) is 0 Å². The molecule has 1 amide bonds. The Bertz CT molecular complexity index is 846. The maximum Gasteiger partial charge on any atom is 0.302 e. The van der Waals surface area contributed by atoms with Crippen molar-refractivity contribution in [2.45, 2.75) is 51.6 Å². The van der Waals surface area contributed by atoms with Crippen molar-refractivity contribution in [2.24, 2.45) is 10.9 Å². The quantitative estimate of drug-likeness (QED) is 0.645. The Hall–Kier alpha value is -2.61. The van der Waals surface area contributed by atoms with Crippen LogP contribution >= 0.6 is 11.6 Å². The van der Waals surface area contributed by atoms with Gasteiger partial charge in [0.2, 0.25) is 5.91 Å². The van der Waals surface area contributed by atoms with Crippen molar-refractivity contribution < 1.29 is 18.7 Å². The van der Waals surface area contributed by atoms with Gasteiger partial charge in [0, 0.05) is 30.4 Å². The van der Waals surface area contributed by atoms with Gasteiger partial charge in [-0.1, -0.05) is 11.6 Å². The normalized spacial score (nSPS) is 23.2. The molecule has 0 spiro atoms. The average molecular weight is 450 g/mol. The number of anilines is 1. The molecule has 2 N–H and O–H groups in total. The number of nitrogens with zero attached hydrogens (tertiary/aromatic N) is 2. The minimum absolute atomic E-state index is 0.0191. The van der Waals surface area contributed by atoms with Gasteiger partial charge < -0.3 is 25.7 Å². The first kappa shape index (κ1) is 23.1. The maximum atomic E-state index is 13.5. The molecule has 0 aromatic heterocycles. The standard InChI is InChI=1S/C22H28ClFN4O3/c1-14(29)31-20-6-4-16(5-7-20)21(30)26-12-15-3-2-8-25-22(27-13-15)28-19-10-17(23)9-18(24)11-19/h9-11,13,16,20H,2-8,12H2,1H3,(H3,25,26,27,28,30)/p-1/b15-13+. The monoisotopic (exact) mass is 449 g/mol. The van der Waals surface area contributed by atoms with E-state index in [2.05, 4.69) is 20.9 Å². The number of hydrogen-bond donors (Lipinski definition) is 2. The first-order valence-electron chi connectivity index (χ1n) is 10.5. The summed E-state index contributed by atoms with van der Waals surface area (Å²) >= 11 is 5.89. The predicted octanol–water partition coefficient (Wildman–Crippen LogP) is 4.54. The second-order valence-electron chi connectivity index (χ2n) is 7.81. The zero-order valence-electron chi connectivity index (χ0n) is 17.5. The number of halogens is 2. The first-order chi connectivity index (χ1) is 14.9. The third kappa shape index (κ3) is 7.54. The molecular weight excluding hydrogens is 423 g/mol. The van der Waals surface area contributed by atoms with Crippen LogP contribution in [0, 0.1) is 11.7 Å². The highest BCUT2D eigenvalue weighted by molar-refractivity contribution is 6.31. The van der Waals surface area contributed by atoms with Crippen LogP contribution in [-0.4, -0.2) is 37.0 Å². The van der Waals surface area contributed by atoms with Crippen LogP contribution in [0.5, 0.6) is 0 Å². The number of aliphatic imine (C=N–C) groups is 1. The number of rotatable bonds is 5. The Morgan fingerprint density at radius 3 is 2.74 bits per heavy atom. The lowest BCUT2D eigenvalue weighted by Gasteiger charge is -2.27. The summed E-state index contributed by atoms with van der Waals surface area (Å²) in [5.74, 6) is -0.387. The highest BCUT2D eigenvalue weighted by atomic mass is 35.5. The summed E-state index contributed by atoms with van der Waals surface area (Å²) in [7, 11) is 0. The van der Waals surface area contributed by atoms with Crippen molar-refractivity contribution in [3.8, 4) is 0 Å². The van der Waals surface area contributed by atoms with Gasteiger partial charge in [-0.25, -0.2) is 4.39 Å². The van der Waals surface area contributed by atoms with Gasteiger partial charge in [-0.3, -0.25) is 9.59 Å². The van der Waals surface area contributed by atoms with Gasteiger partial charge in [0.1, 0.15) is 11.9 Å². The molecule has 7 nitrogen and oxygen atoms in total. The van der Waals surface area contributed by atoms with Gasteiger partial charge in [-0.2, -0.15) is 0 Å². The van der Waals surface area contributed by atoms with E-state index in [1.165, 1.54) is 19.1 Å². The van der Waals surface area contributed by atoms with E-state index in [1.807, 2.05) is 0 Å². The summed E-state index contributed by atoms with van der Waals surface area (Å²) < 4.78 is 18.8. The van der Waals surface area contributed by atoms with Crippen molar-refractivity contribution in [2.75, 3.05) is 18.4 Å². The molecule has 1 aliphatic heterocycles. The summed E-state index contributed by atoms with van der Waals surface area (Å²) in [6.45, 7) is 2.40. The molecule has 9 heteroatoms. The molecule has 3 rings (SSSR count). The van der Waals surface area contributed by atoms with Crippen molar-refractivity contribution in [1.29, 1.82) is 0 Å². The van der Waals surface area contributed by atoms with Gasteiger partial charge >= 0.3 is 5.97 Å². The van der Waals surface area contributed by atoms with Crippen LogP contribution in [0.3, 0.4) is 0 Å². The SMILES string of the molecule is CC(=O)OC1CCC(C(=O)NC/C2=C/N=C(Nc3cc(F)cc(Cl)c3)[N-]CCC2)CC1. The lowest BCUT2D eigenvalue weighted by atomic mass is 9.86. The zero-order chi connectivity index (χ0) is 22.2. The summed E-state index contributed by atoms with van der Waals surface area (Å²) in [6, 6.07) is 4.15. The van der Waals surface area contributed by atoms with E-state index >= 15 is 0 Å². The largest absolute Gasteiger partial charge is 0.463 e. The molecule has 0 bridgehead atoms. The fourth-order valence-corrected chi connectivity index (χ4v) is 3.95. The molecule has 31 heavy (non-hydrogen) atoms. The molecule has 2 aliphatic rings. The van der Waals surface area contributed by atoms with E-state index in [-0.39, 0.29) is 28.9 Å². The molecule has 1 heterocycles. The first-order valence-corrected chi connectivity index (χ1v) is 10.9. The maximum absolute atomic E-state index is 13.5. The van der Waals surface area contributed by atoms with Gasteiger partial charge in [-0.15, -0.1) is 0 Å². The van der Waals surface area contributed by atoms with Gasteiger partial charge in [0.25, 0.3) is 0 Å². The summed E-state index contributed by atoms with van der Waals surface area (Å²) in [4.78, 5) is 28.0. The molecule has 1 aromatic carbocycles. The number of amides is 1. The number of esters is 1. The molecule has 0 unspecified atom stereocenters. The molecule has 1 aliphatic carbocycles. The summed E-state index contributed by atoms with van der Waals surface area (Å²) in [6.07, 6.45) is 6.08.